The molecule has 0 aromatic carbocycles. The van der Waals surface area contributed by atoms with E-state index in [1.807, 2.05) is 6.92 Å². The third-order valence-electron chi connectivity index (χ3n) is 8.10. The Bertz CT molecular complexity index is 757. The average molecular weight is 360 g/mol. The SMILES string of the molecule is C=C1C(=O)C23CC1CC(O)C2C1(CCCC2(C)COC(=O)C21)COC3=O. The minimum atomic E-state index is -1.38. The molecular weight excluding hydrogens is 336 g/mol. The van der Waals surface area contributed by atoms with Gasteiger partial charge in [0.25, 0.3) is 0 Å². The van der Waals surface area contributed by atoms with Crippen molar-refractivity contribution in [3.63, 3.8) is 0 Å². The van der Waals surface area contributed by atoms with Crippen LogP contribution in [-0.4, -0.2) is 42.1 Å². The molecule has 7 atom stereocenters. The first-order valence-electron chi connectivity index (χ1n) is 9.52. The monoisotopic (exact) mass is 360 g/mol. The van der Waals surface area contributed by atoms with Crippen molar-refractivity contribution in [2.75, 3.05) is 13.2 Å². The van der Waals surface area contributed by atoms with Crippen LogP contribution in [-0.2, 0) is 23.9 Å². The molecule has 2 spiro atoms. The number of aliphatic hydroxyl groups excluding tert-OH is 1. The minimum absolute atomic E-state index is 0.0785. The number of Topliss-reactive ketones (excluding diaryl/α,β-unsaturated/α-hetero) is 1. The highest BCUT2D eigenvalue weighted by Gasteiger charge is 2.76. The fraction of sp³-hybridized carbons (Fsp3) is 0.750. The summed E-state index contributed by atoms with van der Waals surface area (Å²) in [6.07, 6.45) is 2.33. The first-order chi connectivity index (χ1) is 12.3. The van der Waals surface area contributed by atoms with Crippen LogP contribution < -0.4 is 0 Å². The molecule has 2 bridgehead atoms. The molecule has 3 saturated carbocycles. The third-order valence-corrected chi connectivity index (χ3v) is 8.10. The van der Waals surface area contributed by atoms with E-state index >= 15 is 0 Å². The Balaban J connectivity index is 1.72. The van der Waals surface area contributed by atoms with Gasteiger partial charge in [0.2, 0.25) is 0 Å². The van der Waals surface area contributed by atoms with Crippen molar-refractivity contribution in [1.82, 2.24) is 0 Å². The van der Waals surface area contributed by atoms with Crippen LogP contribution in [0.3, 0.4) is 0 Å². The van der Waals surface area contributed by atoms with Crippen molar-refractivity contribution in [2.24, 2.45) is 34.0 Å². The molecule has 5 aliphatic rings. The number of carbonyl (C=O) groups is 3. The molecule has 140 valence electrons. The highest BCUT2D eigenvalue weighted by molar-refractivity contribution is 6.15. The molecule has 26 heavy (non-hydrogen) atoms. The number of hydrogen-bond donors (Lipinski definition) is 1. The third kappa shape index (κ3) is 1.61. The standard InChI is InChI=1S/C20H24O6/c1-10-11-6-12(21)13-19(9-26-17(24)20(13,7-11)15(10)22)5-3-4-18(2)8-25-16(23)14(18)19/h11-14,21H,1,3-9H2,2H3. The zero-order valence-electron chi connectivity index (χ0n) is 15.0. The number of esters is 2. The number of rotatable bonds is 0. The topological polar surface area (TPSA) is 89.9 Å². The molecular formula is C20H24O6. The zero-order valence-corrected chi connectivity index (χ0v) is 15.0. The molecule has 2 saturated heterocycles. The fourth-order valence-corrected chi connectivity index (χ4v) is 7.21. The molecule has 2 heterocycles. The number of cyclic esters (lactones) is 2. The second-order valence-electron chi connectivity index (χ2n) is 9.37. The average Bonchev–Trinajstić information content (AvgIpc) is 3.01. The number of hydrogen-bond acceptors (Lipinski definition) is 6. The van der Waals surface area contributed by atoms with E-state index in [0.29, 0.717) is 31.4 Å². The Hall–Kier alpha value is -1.69. The molecule has 0 amide bonds. The largest absolute Gasteiger partial charge is 0.465 e. The Kier molecular flexibility index (Phi) is 3.02. The highest BCUT2D eigenvalue weighted by Crippen LogP contribution is 2.69. The molecule has 1 N–H and O–H groups in total. The van der Waals surface area contributed by atoms with Crippen molar-refractivity contribution in [1.29, 1.82) is 0 Å². The van der Waals surface area contributed by atoms with Gasteiger partial charge in [0.1, 0.15) is 5.41 Å². The Labute approximate surface area is 151 Å². The maximum atomic E-state index is 13.2. The van der Waals surface area contributed by atoms with E-state index in [1.165, 1.54) is 0 Å². The van der Waals surface area contributed by atoms with Crippen molar-refractivity contribution < 1.29 is 29.0 Å². The summed E-state index contributed by atoms with van der Waals surface area (Å²) in [5.74, 6) is -2.34. The van der Waals surface area contributed by atoms with Crippen LogP contribution in [0.1, 0.15) is 39.0 Å². The van der Waals surface area contributed by atoms with Crippen molar-refractivity contribution in [3.05, 3.63) is 12.2 Å². The van der Waals surface area contributed by atoms with Gasteiger partial charge in [0.15, 0.2) is 5.78 Å². The number of fused-ring (bicyclic) bond motifs is 4. The van der Waals surface area contributed by atoms with Gasteiger partial charge < -0.3 is 14.6 Å². The molecule has 6 heteroatoms. The van der Waals surface area contributed by atoms with Gasteiger partial charge in [-0.05, 0) is 37.2 Å². The van der Waals surface area contributed by atoms with Gasteiger partial charge in [-0.25, -0.2) is 0 Å². The van der Waals surface area contributed by atoms with Gasteiger partial charge in [-0.2, -0.15) is 0 Å². The predicted octanol–water partition coefficient (Wildman–Crippen LogP) is 1.41. The summed E-state index contributed by atoms with van der Waals surface area (Å²) in [4.78, 5) is 38.8. The number of ether oxygens (including phenoxy) is 2. The maximum Gasteiger partial charge on any atom is 0.320 e. The van der Waals surface area contributed by atoms with Gasteiger partial charge >= 0.3 is 11.9 Å². The van der Waals surface area contributed by atoms with Gasteiger partial charge in [0, 0.05) is 16.7 Å². The van der Waals surface area contributed by atoms with E-state index < -0.39 is 34.7 Å². The lowest BCUT2D eigenvalue weighted by Gasteiger charge is -2.59. The Morgan fingerprint density at radius 1 is 1.15 bits per heavy atom. The van der Waals surface area contributed by atoms with Gasteiger partial charge in [-0.1, -0.05) is 19.9 Å². The molecule has 5 fully saturated rings. The predicted molar refractivity (Wildman–Crippen MR) is 88.6 cm³/mol. The summed E-state index contributed by atoms with van der Waals surface area (Å²) in [7, 11) is 0. The Morgan fingerprint density at radius 3 is 2.69 bits per heavy atom. The quantitative estimate of drug-likeness (QED) is 0.399. The van der Waals surface area contributed by atoms with Crippen LogP contribution >= 0.6 is 0 Å². The highest BCUT2D eigenvalue weighted by atomic mass is 16.5. The molecule has 7 unspecified atom stereocenters. The first-order valence-corrected chi connectivity index (χ1v) is 9.52. The number of carbonyl (C=O) groups excluding carboxylic acids is 3. The summed E-state index contributed by atoms with van der Waals surface area (Å²) in [6, 6.07) is 0. The molecule has 2 aliphatic heterocycles. The number of allylic oxidation sites excluding steroid dienone is 1. The summed E-state index contributed by atoms with van der Waals surface area (Å²) in [5, 5.41) is 11.1. The number of ketones is 1. The molecule has 3 aliphatic carbocycles. The van der Waals surface area contributed by atoms with Crippen LogP contribution in [0.15, 0.2) is 12.2 Å². The smallest absolute Gasteiger partial charge is 0.320 e. The maximum absolute atomic E-state index is 13.2. The normalized spacial score (nSPS) is 52.5. The van der Waals surface area contributed by atoms with E-state index in [9.17, 15) is 19.5 Å². The van der Waals surface area contributed by atoms with Crippen LogP contribution in [0.25, 0.3) is 0 Å². The van der Waals surface area contributed by atoms with Gasteiger partial charge in [-0.3, -0.25) is 14.4 Å². The second kappa shape index (κ2) is 4.77. The van der Waals surface area contributed by atoms with Crippen LogP contribution in [0.2, 0.25) is 0 Å². The number of aliphatic hydroxyl groups is 1. The lowest BCUT2D eigenvalue weighted by molar-refractivity contribution is -0.225. The minimum Gasteiger partial charge on any atom is -0.465 e. The van der Waals surface area contributed by atoms with Crippen LogP contribution in [0, 0.1) is 34.0 Å². The first kappa shape index (κ1) is 16.5. The van der Waals surface area contributed by atoms with Gasteiger partial charge in [0.05, 0.1) is 25.2 Å². The molecule has 0 radical (unpaired) electrons. The van der Waals surface area contributed by atoms with E-state index in [4.69, 9.17) is 9.47 Å². The van der Waals surface area contributed by atoms with E-state index in [-0.39, 0.29) is 29.7 Å². The summed E-state index contributed by atoms with van der Waals surface area (Å²) >= 11 is 0. The van der Waals surface area contributed by atoms with E-state index in [1.54, 1.807) is 0 Å². The van der Waals surface area contributed by atoms with Crippen LogP contribution in [0.4, 0.5) is 0 Å². The zero-order chi connectivity index (χ0) is 18.5. The summed E-state index contributed by atoms with van der Waals surface area (Å²) in [6.45, 7) is 6.37. The van der Waals surface area contributed by atoms with Crippen molar-refractivity contribution in [3.8, 4) is 0 Å². The molecule has 6 nitrogen and oxygen atoms in total. The Morgan fingerprint density at radius 2 is 1.92 bits per heavy atom. The second-order valence-corrected chi connectivity index (χ2v) is 9.37. The van der Waals surface area contributed by atoms with E-state index in [2.05, 4.69) is 6.58 Å². The molecule has 5 rings (SSSR count). The van der Waals surface area contributed by atoms with Crippen molar-refractivity contribution >= 4 is 17.7 Å². The van der Waals surface area contributed by atoms with Crippen molar-refractivity contribution in [2.45, 2.75) is 45.1 Å². The lowest BCUT2D eigenvalue weighted by atomic mass is 9.44. The lowest BCUT2D eigenvalue weighted by Crippen LogP contribution is -2.67. The fourth-order valence-electron chi connectivity index (χ4n) is 7.21. The van der Waals surface area contributed by atoms with Crippen LogP contribution in [0.5, 0.6) is 0 Å². The summed E-state index contributed by atoms with van der Waals surface area (Å²) < 4.78 is 11.0. The summed E-state index contributed by atoms with van der Waals surface area (Å²) in [5.41, 5.74) is -2.03. The molecule has 0 aromatic rings. The molecule has 0 aromatic heterocycles. The van der Waals surface area contributed by atoms with E-state index in [0.717, 1.165) is 12.8 Å². The van der Waals surface area contributed by atoms with Gasteiger partial charge in [-0.15, -0.1) is 0 Å².